The van der Waals surface area contributed by atoms with E-state index in [9.17, 15) is 0 Å². The molecule has 1 rings (SSSR count). The van der Waals surface area contributed by atoms with Gasteiger partial charge >= 0.3 is 0 Å². The predicted octanol–water partition coefficient (Wildman–Crippen LogP) is 0.129. The zero-order valence-electron chi connectivity index (χ0n) is 3.28. The Morgan fingerprint density at radius 3 is 2.83 bits per heavy atom. The van der Waals surface area contributed by atoms with Gasteiger partial charge in [0.15, 0.2) is 5.69 Å². The number of alkyl halides is 1. The highest BCUT2D eigenvalue weighted by Crippen LogP contribution is 1.97. The zero-order chi connectivity index (χ0) is 4.41. The summed E-state index contributed by atoms with van der Waals surface area (Å²) >= 11 is 5.38. The summed E-state index contributed by atoms with van der Waals surface area (Å²) in [5, 5.41) is 2.86. The minimum atomic E-state index is -0.231. The first kappa shape index (κ1) is 4.37. The smallest absolute Gasteiger partial charge is 0.185 e. The van der Waals surface area contributed by atoms with Crippen molar-refractivity contribution < 1.29 is 4.74 Å². The number of hydrogen-bond acceptors (Lipinski definition) is 2. The lowest BCUT2D eigenvalue weighted by molar-refractivity contribution is 0.163. The van der Waals surface area contributed by atoms with Gasteiger partial charge in [0.1, 0.15) is 0 Å². The summed E-state index contributed by atoms with van der Waals surface area (Å²) in [7, 11) is 0. The van der Waals surface area contributed by atoms with Gasteiger partial charge in [-0.05, 0) is 0 Å². The van der Waals surface area contributed by atoms with E-state index in [4.69, 9.17) is 16.3 Å². The van der Waals surface area contributed by atoms with Crippen LogP contribution in [0.2, 0.25) is 0 Å². The second-order valence-corrected chi connectivity index (χ2v) is 1.54. The van der Waals surface area contributed by atoms with Crippen LogP contribution in [0, 0.1) is 0 Å². The molecule has 3 heteroatoms. The summed E-state index contributed by atoms with van der Waals surface area (Å²) in [5.41, 5.74) is -0.231. The first-order valence-corrected chi connectivity index (χ1v) is 2.32. The van der Waals surface area contributed by atoms with Crippen LogP contribution in [0.15, 0.2) is 0 Å². The van der Waals surface area contributed by atoms with Crippen molar-refractivity contribution in [3.63, 3.8) is 0 Å². The van der Waals surface area contributed by atoms with Crippen molar-refractivity contribution in [2.75, 3.05) is 13.2 Å². The molecule has 1 unspecified atom stereocenters. The molecule has 6 heavy (non-hydrogen) atoms. The lowest BCUT2D eigenvalue weighted by Gasteiger charge is -1.92. The molecule has 0 radical (unpaired) electrons. The van der Waals surface area contributed by atoms with Crippen LogP contribution in [-0.4, -0.2) is 18.8 Å². The fourth-order valence-corrected chi connectivity index (χ4v) is 0.592. The summed E-state index contributed by atoms with van der Waals surface area (Å²) in [5.74, 6) is 0. The fraction of sp³-hybridized carbons (Fsp3) is 1.00. The molecule has 1 aliphatic rings. The zero-order valence-corrected chi connectivity index (χ0v) is 4.03. The van der Waals surface area contributed by atoms with Crippen LogP contribution in [0.5, 0.6) is 0 Å². The van der Waals surface area contributed by atoms with Gasteiger partial charge in [0.25, 0.3) is 0 Å². The highest BCUT2D eigenvalue weighted by molar-refractivity contribution is 6.19. The molecule has 0 bridgehead atoms. The Kier molecular flexibility index (Phi) is 1.29. The molecule has 1 saturated heterocycles. The van der Waals surface area contributed by atoms with E-state index < -0.39 is 0 Å². The van der Waals surface area contributed by atoms with Crippen LogP contribution < -0.4 is 5.32 Å². The van der Waals surface area contributed by atoms with Crippen molar-refractivity contribution in [2.24, 2.45) is 0 Å². The maximum absolute atomic E-state index is 5.38. The standard InChI is InChI=1S/C3H6ClNO/c4-3-5-1-2-6-3/h3,5H,1-2H2. The van der Waals surface area contributed by atoms with Gasteiger partial charge in [0, 0.05) is 6.54 Å². The molecule has 1 aliphatic heterocycles. The van der Waals surface area contributed by atoms with Crippen molar-refractivity contribution in [1.29, 1.82) is 0 Å². The molecule has 0 aromatic rings. The molecule has 0 aromatic carbocycles. The monoisotopic (exact) mass is 107 g/mol. The Morgan fingerprint density at radius 2 is 2.67 bits per heavy atom. The summed E-state index contributed by atoms with van der Waals surface area (Å²) < 4.78 is 4.81. The molecule has 36 valence electrons. The van der Waals surface area contributed by atoms with Crippen LogP contribution in [0.4, 0.5) is 0 Å². The van der Waals surface area contributed by atoms with Gasteiger partial charge in [-0.15, -0.1) is 0 Å². The highest BCUT2D eigenvalue weighted by atomic mass is 35.5. The predicted molar refractivity (Wildman–Crippen MR) is 23.6 cm³/mol. The quantitative estimate of drug-likeness (QED) is 0.351. The summed E-state index contributed by atoms with van der Waals surface area (Å²) in [4.78, 5) is 0. The second kappa shape index (κ2) is 1.78. The second-order valence-electron chi connectivity index (χ2n) is 1.14. The maximum atomic E-state index is 5.38. The molecule has 1 heterocycles. The van der Waals surface area contributed by atoms with E-state index in [1.54, 1.807) is 0 Å². The number of ether oxygens (including phenoxy) is 1. The Morgan fingerprint density at radius 1 is 1.83 bits per heavy atom. The highest BCUT2D eigenvalue weighted by Gasteiger charge is 2.07. The van der Waals surface area contributed by atoms with E-state index in [0.29, 0.717) is 0 Å². The molecule has 0 aromatic heterocycles. The first-order valence-electron chi connectivity index (χ1n) is 1.88. The summed E-state index contributed by atoms with van der Waals surface area (Å²) in [6.07, 6.45) is 0. The van der Waals surface area contributed by atoms with Gasteiger partial charge in [-0.3, -0.25) is 5.32 Å². The van der Waals surface area contributed by atoms with E-state index in [1.165, 1.54) is 0 Å². The normalized spacial score (nSPS) is 34.5. The third-order valence-electron chi connectivity index (χ3n) is 0.671. The van der Waals surface area contributed by atoms with Gasteiger partial charge in [0.05, 0.1) is 6.61 Å². The lowest BCUT2D eigenvalue weighted by Crippen LogP contribution is -2.14. The van der Waals surface area contributed by atoms with E-state index >= 15 is 0 Å². The van der Waals surface area contributed by atoms with E-state index in [1.807, 2.05) is 0 Å². The summed E-state index contributed by atoms with van der Waals surface area (Å²) in [6, 6.07) is 0. The van der Waals surface area contributed by atoms with Crippen LogP contribution in [0.1, 0.15) is 0 Å². The topological polar surface area (TPSA) is 21.3 Å². The van der Waals surface area contributed by atoms with Crippen molar-refractivity contribution in [1.82, 2.24) is 5.32 Å². The van der Waals surface area contributed by atoms with Crippen LogP contribution in [0.25, 0.3) is 0 Å². The van der Waals surface area contributed by atoms with Gasteiger partial charge in [-0.25, -0.2) is 0 Å². The van der Waals surface area contributed by atoms with Crippen molar-refractivity contribution in [3.05, 3.63) is 0 Å². The molecule has 0 amide bonds. The molecule has 1 fully saturated rings. The third-order valence-corrected chi connectivity index (χ3v) is 0.951. The third kappa shape index (κ3) is 0.834. The molecule has 0 saturated carbocycles. The molecule has 0 spiro atoms. The SMILES string of the molecule is ClC1NCCO1. The van der Waals surface area contributed by atoms with Crippen LogP contribution in [0.3, 0.4) is 0 Å². The Balaban J connectivity index is 2.18. The van der Waals surface area contributed by atoms with Crippen molar-refractivity contribution in [2.45, 2.75) is 5.69 Å². The van der Waals surface area contributed by atoms with E-state index in [0.717, 1.165) is 13.2 Å². The molecular weight excluding hydrogens is 101 g/mol. The average molecular weight is 108 g/mol. The Hall–Kier alpha value is 0.210. The van der Waals surface area contributed by atoms with E-state index in [-0.39, 0.29) is 5.69 Å². The fourth-order valence-electron chi connectivity index (χ4n) is 0.394. The van der Waals surface area contributed by atoms with Gasteiger partial charge in [0.2, 0.25) is 0 Å². The van der Waals surface area contributed by atoms with Gasteiger partial charge < -0.3 is 4.74 Å². The maximum Gasteiger partial charge on any atom is 0.185 e. The molecule has 2 nitrogen and oxygen atoms in total. The number of hydrogen-bond donors (Lipinski definition) is 1. The molecule has 1 N–H and O–H groups in total. The van der Waals surface area contributed by atoms with Crippen LogP contribution >= 0.6 is 11.6 Å². The number of nitrogens with one attached hydrogen (secondary N) is 1. The van der Waals surface area contributed by atoms with Crippen LogP contribution in [-0.2, 0) is 4.74 Å². The molecule has 0 aliphatic carbocycles. The Bertz CT molecular complexity index is 44.1. The number of rotatable bonds is 0. The molecule has 1 atom stereocenters. The Labute approximate surface area is 41.4 Å². The van der Waals surface area contributed by atoms with E-state index in [2.05, 4.69) is 5.32 Å². The summed E-state index contributed by atoms with van der Waals surface area (Å²) in [6.45, 7) is 1.63. The van der Waals surface area contributed by atoms with Gasteiger partial charge in [-0.2, -0.15) is 0 Å². The number of halogens is 1. The lowest BCUT2D eigenvalue weighted by atomic mass is 10.7. The first-order chi connectivity index (χ1) is 2.89. The average Bonchev–Trinajstić information content (AvgIpc) is 1.86. The van der Waals surface area contributed by atoms with Gasteiger partial charge in [-0.1, -0.05) is 11.6 Å². The largest absolute Gasteiger partial charge is 0.348 e. The minimum Gasteiger partial charge on any atom is -0.348 e. The van der Waals surface area contributed by atoms with Crippen molar-refractivity contribution >= 4 is 11.6 Å². The van der Waals surface area contributed by atoms with Crippen molar-refractivity contribution in [3.8, 4) is 0 Å². The molecular formula is C3H6ClNO. The minimum absolute atomic E-state index is 0.231.